The average molecular weight is 272 g/mol. The van der Waals surface area contributed by atoms with E-state index in [2.05, 4.69) is 30.3 Å². The lowest BCUT2D eigenvalue weighted by Crippen LogP contribution is -2.23. The van der Waals surface area contributed by atoms with Crippen LogP contribution in [0.2, 0.25) is 5.02 Å². The van der Waals surface area contributed by atoms with Crippen LogP contribution in [0.5, 0.6) is 0 Å². The molecule has 18 heavy (non-hydrogen) atoms. The monoisotopic (exact) mass is 271 g/mol. The Morgan fingerprint density at radius 2 is 2.33 bits per heavy atom. The van der Waals surface area contributed by atoms with Crippen molar-refractivity contribution < 1.29 is 4.74 Å². The molecule has 0 aromatic carbocycles. The first-order valence-electron chi connectivity index (χ1n) is 6.25. The van der Waals surface area contributed by atoms with Crippen LogP contribution in [0.15, 0.2) is 12.3 Å². The van der Waals surface area contributed by atoms with Gasteiger partial charge in [-0.3, -0.25) is 4.68 Å². The van der Waals surface area contributed by atoms with E-state index in [1.165, 1.54) is 0 Å². The number of methoxy groups -OCH3 is 1. The van der Waals surface area contributed by atoms with Gasteiger partial charge in [0.2, 0.25) is 0 Å². The second kappa shape index (κ2) is 8.29. The van der Waals surface area contributed by atoms with Gasteiger partial charge in [0.25, 0.3) is 0 Å². The molecule has 5 heteroatoms. The molecule has 0 atom stereocenters. The highest BCUT2D eigenvalue weighted by Gasteiger charge is 2.05. The number of nitrogens with one attached hydrogen (secondary N) is 1. The van der Waals surface area contributed by atoms with E-state index in [0.29, 0.717) is 24.2 Å². The summed E-state index contributed by atoms with van der Waals surface area (Å²) in [6.07, 6.45) is 6.78. The molecular weight excluding hydrogens is 250 g/mol. The molecule has 0 saturated heterocycles. The van der Waals surface area contributed by atoms with E-state index in [1.807, 2.05) is 10.8 Å². The first-order chi connectivity index (χ1) is 8.65. The van der Waals surface area contributed by atoms with Crippen molar-refractivity contribution in [2.75, 3.05) is 20.3 Å². The second-order valence-electron chi connectivity index (χ2n) is 4.39. The normalized spacial score (nSPS) is 11.8. The fourth-order valence-electron chi connectivity index (χ4n) is 1.54. The third kappa shape index (κ3) is 5.21. The maximum atomic E-state index is 6.10. The summed E-state index contributed by atoms with van der Waals surface area (Å²) in [5.41, 5.74) is 0.943. The van der Waals surface area contributed by atoms with E-state index in [1.54, 1.807) is 13.3 Å². The fourth-order valence-corrected chi connectivity index (χ4v) is 1.75. The van der Waals surface area contributed by atoms with Gasteiger partial charge in [-0.15, -0.1) is 0 Å². The Morgan fingerprint density at radius 1 is 1.56 bits per heavy atom. The SMILES string of the molecule is COCCn1ncc(Cl)c1/C=C/CCNC(C)C. The molecule has 1 aromatic rings. The van der Waals surface area contributed by atoms with E-state index in [0.717, 1.165) is 18.7 Å². The number of hydrogen-bond donors (Lipinski definition) is 1. The number of hydrogen-bond acceptors (Lipinski definition) is 3. The molecule has 0 amide bonds. The number of ether oxygens (including phenoxy) is 1. The van der Waals surface area contributed by atoms with Gasteiger partial charge in [-0.05, 0) is 19.0 Å². The van der Waals surface area contributed by atoms with Gasteiger partial charge in [-0.1, -0.05) is 31.5 Å². The molecule has 0 aliphatic heterocycles. The Hall–Kier alpha value is -0.840. The summed E-state index contributed by atoms with van der Waals surface area (Å²) >= 11 is 6.10. The van der Waals surface area contributed by atoms with Gasteiger partial charge < -0.3 is 10.1 Å². The number of rotatable bonds is 8. The number of nitrogens with zero attached hydrogens (tertiary/aromatic N) is 2. The summed E-state index contributed by atoms with van der Waals surface area (Å²) in [6.45, 7) is 6.60. The van der Waals surface area contributed by atoms with Gasteiger partial charge in [0.1, 0.15) is 0 Å². The van der Waals surface area contributed by atoms with E-state index in [9.17, 15) is 0 Å². The predicted octanol–water partition coefficient (Wildman–Crippen LogP) is 2.58. The van der Waals surface area contributed by atoms with Crippen LogP contribution in [-0.2, 0) is 11.3 Å². The maximum absolute atomic E-state index is 6.10. The molecule has 0 radical (unpaired) electrons. The van der Waals surface area contributed by atoms with Crippen molar-refractivity contribution in [3.63, 3.8) is 0 Å². The molecular formula is C13H22ClN3O. The summed E-state index contributed by atoms with van der Waals surface area (Å²) in [5, 5.41) is 8.26. The van der Waals surface area contributed by atoms with Crippen LogP contribution >= 0.6 is 11.6 Å². The first-order valence-corrected chi connectivity index (χ1v) is 6.63. The van der Waals surface area contributed by atoms with Crippen molar-refractivity contribution >= 4 is 17.7 Å². The van der Waals surface area contributed by atoms with Crippen LogP contribution in [0.3, 0.4) is 0 Å². The molecule has 1 heterocycles. The zero-order valence-corrected chi connectivity index (χ0v) is 12.1. The lowest BCUT2D eigenvalue weighted by molar-refractivity contribution is 0.183. The minimum absolute atomic E-state index is 0.522. The smallest absolute Gasteiger partial charge is 0.0859 e. The van der Waals surface area contributed by atoms with E-state index in [4.69, 9.17) is 16.3 Å². The van der Waals surface area contributed by atoms with Crippen LogP contribution in [0.4, 0.5) is 0 Å². The second-order valence-corrected chi connectivity index (χ2v) is 4.80. The third-order valence-electron chi connectivity index (χ3n) is 2.48. The minimum Gasteiger partial charge on any atom is -0.383 e. The molecule has 0 saturated carbocycles. The first kappa shape index (κ1) is 15.2. The molecule has 102 valence electrons. The molecule has 0 bridgehead atoms. The summed E-state index contributed by atoms with van der Waals surface area (Å²) < 4.78 is 6.90. The van der Waals surface area contributed by atoms with Crippen LogP contribution in [0, 0.1) is 0 Å². The van der Waals surface area contributed by atoms with Crippen molar-refractivity contribution in [3.8, 4) is 0 Å². The molecule has 0 aliphatic carbocycles. The molecule has 0 fully saturated rings. The van der Waals surface area contributed by atoms with Gasteiger partial charge in [0, 0.05) is 13.2 Å². The molecule has 0 aliphatic rings. The third-order valence-corrected chi connectivity index (χ3v) is 2.77. The average Bonchev–Trinajstić information content (AvgIpc) is 2.67. The van der Waals surface area contributed by atoms with Crippen molar-refractivity contribution in [2.24, 2.45) is 0 Å². The highest BCUT2D eigenvalue weighted by atomic mass is 35.5. The van der Waals surface area contributed by atoms with Crippen LogP contribution in [-0.4, -0.2) is 36.1 Å². The predicted molar refractivity (Wildman–Crippen MR) is 75.9 cm³/mol. The van der Waals surface area contributed by atoms with Gasteiger partial charge in [0.15, 0.2) is 0 Å². The molecule has 4 nitrogen and oxygen atoms in total. The topological polar surface area (TPSA) is 39.1 Å². The van der Waals surface area contributed by atoms with Crippen LogP contribution < -0.4 is 5.32 Å². The summed E-state index contributed by atoms with van der Waals surface area (Å²) in [7, 11) is 1.68. The van der Waals surface area contributed by atoms with E-state index < -0.39 is 0 Å². The van der Waals surface area contributed by atoms with Gasteiger partial charge >= 0.3 is 0 Å². The zero-order chi connectivity index (χ0) is 13.4. The van der Waals surface area contributed by atoms with Gasteiger partial charge in [0.05, 0.1) is 30.1 Å². The standard InChI is InChI=1S/C13H22ClN3O/c1-11(2)15-7-5-4-6-13-12(14)10-16-17(13)8-9-18-3/h4,6,10-11,15H,5,7-9H2,1-3H3/b6-4+. The number of halogens is 1. The Labute approximate surface area is 114 Å². The Kier molecular flexibility index (Phi) is 7.01. The van der Waals surface area contributed by atoms with Crippen molar-refractivity contribution in [2.45, 2.75) is 32.9 Å². The Morgan fingerprint density at radius 3 is 3.00 bits per heavy atom. The summed E-state index contributed by atoms with van der Waals surface area (Å²) in [5.74, 6) is 0. The van der Waals surface area contributed by atoms with Gasteiger partial charge in [-0.2, -0.15) is 5.10 Å². The quantitative estimate of drug-likeness (QED) is 0.739. The fraction of sp³-hybridized carbons (Fsp3) is 0.615. The molecule has 0 unspecified atom stereocenters. The lowest BCUT2D eigenvalue weighted by atomic mass is 10.3. The van der Waals surface area contributed by atoms with Crippen LogP contribution in [0.1, 0.15) is 26.0 Å². The molecule has 1 aromatic heterocycles. The Balaban J connectivity index is 2.49. The summed E-state index contributed by atoms with van der Waals surface area (Å²) in [4.78, 5) is 0. The maximum Gasteiger partial charge on any atom is 0.0859 e. The van der Waals surface area contributed by atoms with Gasteiger partial charge in [-0.25, -0.2) is 0 Å². The molecule has 1 rings (SSSR count). The number of aromatic nitrogens is 2. The lowest BCUT2D eigenvalue weighted by Gasteiger charge is -2.05. The zero-order valence-electron chi connectivity index (χ0n) is 11.3. The highest BCUT2D eigenvalue weighted by molar-refractivity contribution is 6.31. The highest BCUT2D eigenvalue weighted by Crippen LogP contribution is 2.16. The molecule has 0 spiro atoms. The van der Waals surface area contributed by atoms with E-state index >= 15 is 0 Å². The van der Waals surface area contributed by atoms with Crippen molar-refractivity contribution in [3.05, 3.63) is 23.0 Å². The largest absolute Gasteiger partial charge is 0.383 e. The van der Waals surface area contributed by atoms with Crippen LogP contribution in [0.25, 0.3) is 6.08 Å². The Bertz CT molecular complexity index is 374. The van der Waals surface area contributed by atoms with E-state index in [-0.39, 0.29) is 0 Å². The summed E-state index contributed by atoms with van der Waals surface area (Å²) in [6, 6.07) is 0.522. The molecule has 1 N–H and O–H groups in total. The van der Waals surface area contributed by atoms with Crippen molar-refractivity contribution in [1.82, 2.24) is 15.1 Å². The van der Waals surface area contributed by atoms with Crippen molar-refractivity contribution in [1.29, 1.82) is 0 Å². The minimum atomic E-state index is 0.522.